The first kappa shape index (κ1) is 20.2. The lowest BCUT2D eigenvalue weighted by Gasteiger charge is -2.29. The van der Waals surface area contributed by atoms with E-state index in [0.29, 0.717) is 18.0 Å². The van der Waals surface area contributed by atoms with Gasteiger partial charge in [0.1, 0.15) is 5.76 Å². The first-order chi connectivity index (χ1) is 13.5. The Hall–Kier alpha value is -2.50. The summed E-state index contributed by atoms with van der Waals surface area (Å²) in [6, 6.07) is 5.84. The molecule has 1 saturated carbocycles. The van der Waals surface area contributed by atoms with Crippen LogP contribution in [0.25, 0.3) is 0 Å². The topological polar surface area (TPSA) is 73.6 Å². The van der Waals surface area contributed by atoms with Gasteiger partial charge >= 0.3 is 0 Å². The van der Waals surface area contributed by atoms with Crippen molar-refractivity contribution in [2.75, 3.05) is 20.8 Å². The Morgan fingerprint density at radius 1 is 1.18 bits per heavy atom. The fourth-order valence-corrected chi connectivity index (χ4v) is 4.25. The highest BCUT2D eigenvalue weighted by molar-refractivity contribution is 5.88. The maximum Gasteiger partial charge on any atom is 0.230 e. The third kappa shape index (κ3) is 3.86. The second kappa shape index (κ2) is 8.67. The number of nitrogens with one attached hydrogen (secondary N) is 1. The van der Waals surface area contributed by atoms with Crippen LogP contribution in [-0.2, 0) is 16.6 Å². The molecule has 6 heteroatoms. The predicted octanol–water partition coefficient (Wildman–Crippen LogP) is 3.87. The lowest BCUT2D eigenvalue weighted by molar-refractivity contribution is -0.126. The van der Waals surface area contributed by atoms with Gasteiger partial charge in [-0.3, -0.25) is 4.79 Å². The summed E-state index contributed by atoms with van der Waals surface area (Å²) in [5.41, 5.74) is 2.60. The molecule has 1 heterocycles. The van der Waals surface area contributed by atoms with Crippen molar-refractivity contribution in [3.05, 3.63) is 40.8 Å². The van der Waals surface area contributed by atoms with Crippen LogP contribution in [0.1, 0.15) is 54.7 Å². The molecule has 0 spiro atoms. The maximum atomic E-state index is 13.2. The van der Waals surface area contributed by atoms with Gasteiger partial charge < -0.3 is 19.3 Å². The molecule has 28 heavy (non-hydrogen) atoms. The number of hydrogen-bond acceptors (Lipinski definition) is 5. The van der Waals surface area contributed by atoms with E-state index in [1.165, 1.54) is 0 Å². The van der Waals surface area contributed by atoms with Crippen molar-refractivity contribution in [1.82, 2.24) is 10.5 Å². The number of amides is 1. The van der Waals surface area contributed by atoms with Gasteiger partial charge in [-0.05, 0) is 57.2 Å². The fourth-order valence-electron chi connectivity index (χ4n) is 4.25. The van der Waals surface area contributed by atoms with Crippen LogP contribution in [0, 0.1) is 13.8 Å². The van der Waals surface area contributed by atoms with Crippen molar-refractivity contribution in [2.24, 2.45) is 0 Å². The molecule has 0 unspecified atom stereocenters. The van der Waals surface area contributed by atoms with Gasteiger partial charge in [-0.2, -0.15) is 0 Å². The number of nitrogens with zero attached hydrogens (tertiary/aromatic N) is 1. The fraction of sp³-hybridized carbons (Fsp3) is 0.545. The Labute approximate surface area is 166 Å². The monoisotopic (exact) mass is 386 g/mol. The molecule has 3 rings (SSSR count). The van der Waals surface area contributed by atoms with Crippen molar-refractivity contribution >= 4 is 5.91 Å². The van der Waals surface area contributed by atoms with Gasteiger partial charge in [0.15, 0.2) is 11.5 Å². The number of carbonyl (C=O) groups excluding carboxylic acids is 1. The van der Waals surface area contributed by atoms with Gasteiger partial charge in [0.2, 0.25) is 5.91 Å². The number of aromatic nitrogens is 1. The third-order valence-corrected chi connectivity index (χ3v) is 5.90. The minimum atomic E-state index is -0.484. The van der Waals surface area contributed by atoms with Crippen LogP contribution in [0.2, 0.25) is 0 Å². The van der Waals surface area contributed by atoms with Gasteiger partial charge in [-0.15, -0.1) is 0 Å². The standard InChI is InChI=1S/C22H30N2O4/c1-15-18(16(2)28-24-15)8-7-13-23-21(25)22(11-5-6-12-22)17-9-10-19(26-3)20(14-17)27-4/h9-10,14H,5-8,11-13H2,1-4H3,(H,23,25). The van der Waals surface area contributed by atoms with Gasteiger partial charge in [-0.25, -0.2) is 0 Å². The van der Waals surface area contributed by atoms with Crippen LogP contribution in [-0.4, -0.2) is 31.8 Å². The van der Waals surface area contributed by atoms with Gasteiger partial charge in [0.25, 0.3) is 0 Å². The van der Waals surface area contributed by atoms with E-state index < -0.39 is 5.41 Å². The molecule has 1 aliphatic rings. The first-order valence-electron chi connectivity index (χ1n) is 9.94. The van der Waals surface area contributed by atoms with Crippen molar-refractivity contribution in [2.45, 2.75) is 57.8 Å². The van der Waals surface area contributed by atoms with Crippen molar-refractivity contribution in [3.63, 3.8) is 0 Å². The van der Waals surface area contributed by atoms with Crippen LogP contribution < -0.4 is 14.8 Å². The minimum absolute atomic E-state index is 0.107. The molecule has 152 valence electrons. The molecule has 1 aromatic heterocycles. The predicted molar refractivity (Wildman–Crippen MR) is 107 cm³/mol. The molecule has 1 amide bonds. The van der Waals surface area contributed by atoms with E-state index in [1.54, 1.807) is 14.2 Å². The summed E-state index contributed by atoms with van der Waals surface area (Å²) >= 11 is 0. The van der Waals surface area contributed by atoms with E-state index in [4.69, 9.17) is 14.0 Å². The van der Waals surface area contributed by atoms with E-state index in [9.17, 15) is 4.79 Å². The van der Waals surface area contributed by atoms with E-state index >= 15 is 0 Å². The zero-order valence-corrected chi connectivity index (χ0v) is 17.3. The molecule has 0 atom stereocenters. The third-order valence-electron chi connectivity index (χ3n) is 5.90. The lowest BCUT2D eigenvalue weighted by atomic mass is 9.77. The smallest absolute Gasteiger partial charge is 0.230 e. The van der Waals surface area contributed by atoms with Crippen molar-refractivity contribution in [3.8, 4) is 11.5 Å². The number of methoxy groups -OCH3 is 2. The lowest BCUT2D eigenvalue weighted by Crippen LogP contribution is -2.43. The van der Waals surface area contributed by atoms with Crippen LogP contribution in [0.15, 0.2) is 22.7 Å². The Balaban J connectivity index is 1.68. The summed E-state index contributed by atoms with van der Waals surface area (Å²) in [6.07, 6.45) is 5.54. The quantitative estimate of drug-likeness (QED) is 0.697. The summed E-state index contributed by atoms with van der Waals surface area (Å²) in [5, 5.41) is 7.16. The molecular formula is C22H30N2O4. The molecule has 1 aromatic carbocycles. The Morgan fingerprint density at radius 3 is 2.50 bits per heavy atom. The number of ether oxygens (including phenoxy) is 2. The number of carbonyl (C=O) groups is 1. The van der Waals surface area contributed by atoms with E-state index in [-0.39, 0.29) is 5.91 Å². The zero-order chi connectivity index (χ0) is 20.1. The minimum Gasteiger partial charge on any atom is -0.493 e. The van der Waals surface area contributed by atoms with Crippen LogP contribution in [0.4, 0.5) is 0 Å². The normalized spacial score (nSPS) is 15.4. The Kier molecular flexibility index (Phi) is 6.27. The highest BCUT2D eigenvalue weighted by Gasteiger charge is 2.42. The van der Waals surface area contributed by atoms with E-state index in [0.717, 1.165) is 61.1 Å². The molecular weight excluding hydrogens is 356 g/mol. The SMILES string of the molecule is COc1ccc(C2(C(=O)NCCCc3c(C)noc3C)CCCC2)cc1OC. The molecule has 0 aliphatic heterocycles. The molecule has 1 aliphatic carbocycles. The Bertz CT molecular complexity index is 802. The number of hydrogen-bond donors (Lipinski definition) is 1. The van der Waals surface area contributed by atoms with Gasteiger partial charge in [-0.1, -0.05) is 24.1 Å². The molecule has 0 bridgehead atoms. The molecule has 1 fully saturated rings. The average Bonchev–Trinajstić information content (AvgIpc) is 3.33. The van der Waals surface area contributed by atoms with Gasteiger partial charge in [0, 0.05) is 12.1 Å². The van der Waals surface area contributed by atoms with Crippen molar-refractivity contribution < 1.29 is 18.8 Å². The van der Waals surface area contributed by atoms with Gasteiger partial charge in [0.05, 0.1) is 25.3 Å². The Morgan fingerprint density at radius 2 is 1.89 bits per heavy atom. The highest BCUT2D eigenvalue weighted by atomic mass is 16.5. The zero-order valence-electron chi connectivity index (χ0n) is 17.3. The van der Waals surface area contributed by atoms with E-state index in [2.05, 4.69) is 10.5 Å². The first-order valence-corrected chi connectivity index (χ1v) is 9.94. The van der Waals surface area contributed by atoms with Crippen molar-refractivity contribution in [1.29, 1.82) is 0 Å². The molecule has 1 N–H and O–H groups in total. The van der Waals surface area contributed by atoms with Crippen LogP contribution in [0.3, 0.4) is 0 Å². The average molecular weight is 386 g/mol. The summed E-state index contributed by atoms with van der Waals surface area (Å²) in [5.74, 6) is 2.31. The van der Waals surface area contributed by atoms with Crippen LogP contribution in [0.5, 0.6) is 11.5 Å². The largest absolute Gasteiger partial charge is 0.493 e. The summed E-state index contributed by atoms with van der Waals surface area (Å²) in [4.78, 5) is 13.2. The molecule has 2 aromatic rings. The summed E-state index contributed by atoms with van der Waals surface area (Å²) < 4.78 is 16.0. The maximum absolute atomic E-state index is 13.2. The highest BCUT2D eigenvalue weighted by Crippen LogP contribution is 2.43. The second-order valence-corrected chi connectivity index (χ2v) is 7.52. The molecule has 0 saturated heterocycles. The molecule has 0 radical (unpaired) electrons. The molecule has 6 nitrogen and oxygen atoms in total. The van der Waals surface area contributed by atoms with Crippen LogP contribution >= 0.6 is 0 Å². The second-order valence-electron chi connectivity index (χ2n) is 7.52. The summed E-state index contributed by atoms with van der Waals surface area (Å²) in [6.45, 7) is 4.52. The number of rotatable bonds is 8. The summed E-state index contributed by atoms with van der Waals surface area (Å²) in [7, 11) is 3.24. The number of aryl methyl sites for hydroxylation is 2. The van der Waals surface area contributed by atoms with E-state index in [1.807, 2.05) is 32.0 Å². The number of benzene rings is 1.